The summed E-state index contributed by atoms with van der Waals surface area (Å²) in [7, 11) is 4.10. The van der Waals surface area contributed by atoms with Crippen molar-refractivity contribution in [1.29, 1.82) is 0 Å². The van der Waals surface area contributed by atoms with E-state index in [0.29, 0.717) is 11.0 Å². The Morgan fingerprint density at radius 2 is 1.55 bits per heavy atom. The minimum absolute atomic E-state index is 0.0316. The molecule has 0 spiro atoms. The van der Waals surface area contributed by atoms with Crippen LogP contribution in [0.5, 0.6) is 0 Å². The van der Waals surface area contributed by atoms with E-state index in [1.165, 1.54) is 11.1 Å². The Morgan fingerprint density at radius 1 is 0.816 bits per heavy atom. The van der Waals surface area contributed by atoms with Crippen LogP contribution in [0.15, 0.2) is 102 Å². The van der Waals surface area contributed by atoms with Crippen LogP contribution >= 0.6 is 11.6 Å². The highest BCUT2D eigenvalue weighted by molar-refractivity contribution is 6.31. The smallest absolute Gasteiger partial charge is 0.247 e. The van der Waals surface area contributed by atoms with Crippen molar-refractivity contribution in [2.75, 3.05) is 24.0 Å². The molecule has 0 saturated heterocycles. The molecule has 4 aromatic carbocycles. The summed E-state index contributed by atoms with van der Waals surface area (Å²) < 4.78 is 0. The number of rotatable bonds is 5. The lowest BCUT2D eigenvalue weighted by Crippen LogP contribution is -2.21. The fourth-order valence-corrected chi connectivity index (χ4v) is 5.05. The number of nitrogens with zero attached hydrogens (tertiary/aromatic N) is 5. The van der Waals surface area contributed by atoms with Crippen LogP contribution in [0.1, 0.15) is 29.2 Å². The predicted octanol–water partition coefficient (Wildman–Crippen LogP) is 7.68. The molecule has 1 aliphatic rings. The highest BCUT2D eigenvalue weighted by Gasteiger charge is 2.32. The lowest BCUT2D eigenvalue weighted by molar-refractivity contribution is 0.689. The third kappa shape index (κ3) is 4.61. The molecule has 1 aliphatic heterocycles. The van der Waals surface area contributed by atoms with Gasteiger partial charge in [0.05, 0.1) is 23.0 Å². The zero-order valence-corrected chi connectivity index (χ0v) is 22.4. The van der Waals surface area contributed by atoms with E-state index < -0.39 is 0 Å². The highest BCUT2D eigenvalue weighted by Crippen LogP contribution is 2.38. The van der Waals surface area contributed by atoms with Crippen LogP contribution in [0.2, 0.25) is 5.02 Å². The molecule has 0 saturated carbocycles. The fourth-order valence-electron chi connectivity index (χ4n) is 4.88. The minimum atomic E-state index is -0.0316. The molecule has 0 aliphatic carbocycles. The number of aryl methyl sites for hydroxylation is 1. The van der Waals surface area contributed by atoms with E-state index >= 15 is 0 Å². The standard InChI is InChI=1S/C32H28ClN5/c1-21-9-11-22(12-10-21)29-20-30(23-13-16-26(17-14-23)37(2)3)38(36-29)32-34-28-18-15-25(33)19-27(28)31(35-32)24-7-5-4-6-8-24/h4-19,30H,20H2,1-3H3. The van der Waals surface area contributed by atoms with Crippen LogP contribution in [-0.4, -0.2) is 29.8 Å². The second-order valence-corrected chi connectivity index (χ2v) is 10.3. The number of hydrogen-bond acceptors (Lipinski definition) is 5. The van der Waals surface area contributed by atoms with Crippen molar-refractivity contribution < 1.29 is 0 Å². The van der Waals surface area contributed by atoms with Gasteiger partial charge in [-0.2, -0.15) is 5.10 Å². The molecule has 0 radical (unpaired) electrons. The Kier molecular flexibility index (Phi) is 6.30. The molecular formula is C32H28ClN5. The molecule has 0 fully saturated rings. The van der Waals surface area contributed by atoms with Crippen molar-refractivity contribution in [3.8, 4) is 11.3 Å². The zero-order valence-electron chi connectivity index (χ0n) is 21.6. The van der Waals surface area contributed by atoms with Crippen LogP contribution in [-0.2, 0) is 0 Å². The number of benzene rings is 4. The summed E-state index contributed by atoms with van der Waals surface area (Å²) in [6.45, 7) is 2.10. The van der Waals surface area contributed by atoms with Crippen LogP contribution in [0.4, 0.5) is 11.6 Å². The summed E-state index contributed by atoms with van der Waals surface area (Å²) >= 11 is 6.39. The van der Waals surface area contributed by atoms with Crippen molar-refractivity contribution in [2.45, 2.75) is 19.4 Å². The van der Waals surface area contributed by atoms with Gasteiger partial charge in [-0.3, -0.25) is 0 Å². The number of halogens is 1. The Hall–Kier alpha value is -4.22. The first kappa shape index (κ1) is 24.1. The topological polar surface area (TPSA) is 44.6 Å². The SMILES string of the molecule is Cc1ccc(C2=NN(c3nc(-c4ccccc4)c4cc(Cl)ccc4n3)C(c3ccc(N(C)C)cc3)C2)cc1. The summed E-state index contributed by atoms with van der Waals surface area (Å²) in [5.74, 6) is 0.572. The third-order valence-corrected chi connectivity index (χ3v) is 7.22. The summed E-state index contributed by atoms with van der Waals surface area (Å²) in [6, 6.07) is 33.1. The van der Waals surface area contributed by atoms with Crippen molar-refractivity contribution in [2.24, 2.45) is 5.10 Å². The van der Waals surface area contributed by atoms with Gasteiger partial charge in [-0.25, -0.2) is 15.0 Å². The van der Waals surface area contributed by atoms with Crippen LogP contribution in [0.25, 0.3) is 22.2 Å². The largest absolute Gasteiger partial charge is 0.378 e. The predicted molar refractivity (Wildman–Crippen MR) is 158 cm³/mol. The van der Waals surface area contributed by atoms with Gasteiger partial charge in [0.2, 0.25) is 5.95 Å². The van der Waals surface area contributed by atoms with Gasteiger partial charge in [-0.1, -0.05) is 83.9 Å². The molecule has 38 heavy (non-hydrogen) atoms. The highest BCUT2D eigenvalue weighted by atomic mass is 35.5. The van der Waals surface area contributed by atoms with Gasteiger partial charge in [0, 0.05) is 42.2 Å². The van der Waals surface area contributed by atoms with Crippen LogP contribution < -0.4 is 9.91 Å². The van der Waals surface area contributed by atoms with Gasteiger partial charge < -0.3 is 4.90 Å². The van der Waals surface area contributed by atoms with Gasteiger partial charge in [0.15, 0.2) is 0 Å². The number of hydrazone groups is 1. The zero-order chi connectivity index (χ0) is 26.2. The normalized spacial score (nSPS) is 15.1. The van der Waals surface area contributed by atoms with Crippen LogP contribution in [0, 0.1) is 6.92 Å². The number of anilines is 2. The van der Waals surface area contributed by atoms with E-state index in [1.807, 2.05) is 41.4 Å². The average Bonchev–Trinajstić information content (AvgIpc) is 3.39. The quantitative estimate of drug-likeness (QED) is 0.240. The molecule has 5 aromatic rings. The van der Waals surface area contributed by atoms with Gasteiger partial charge in [-0.15, -0.1) is 0 Å². The van der Waals surface area contributed by atoms with Crippen molar-refractivity contribution in [3.05, 3.63) is 119 Å². The first-order valence-electron chi connectivity index (χ1n) is 12.7. The fraction of sp³-hybridized carbons (Fsp3) is 0.156. The summed E-state index contributed by atoms with van der Waals surface area (Å²) in [5, 5.41) is 8.68. The molecular weight excluding hydrogens is 490 g/mol. The molecule has 0 N–H and O–H groups in total. The maximum Gasteiger partial charge on any atom is 0.247 e. The van der Waals surface area contributed by atoms with E-state index in [0.717, 1.165) is 45.5 Å². The van der Waals surface area contributed by atoms with Crippen molar-refractivity contribution >= 4 is 39.9 Å². The van der Waals surface area contributed by atoms with Gasteiger partial charge >= 0.3 is 0 Å². The average molecular weight is 518 g/mol. The summed E-state index contributed by atoms with van der Waals surface area (Å²) in [5.41, 5.74) is 8.37. The number of fused-ring (bicyclic) bond motifs is 1. The second kappa shape index (κ2) is 9.92. The van der Waals surface area contributed by atoms with E-state index in [1.54, 1.807) is 0 Å². The maximum absolute atomic E-state index is 6.39. The third-order valence-electron chi connectivity index (χ3n) is 6.99. The molecule has 5 nitrogen and oxygen atoms in total. The molecule has 0 bridgehead atoms. The monoisotopic (exact) mass is 517 g/mol. The molecule has 1 atom stereocenters. The molecule has 0 amide bonds. The van der Waals surface area contributed by atoms with Gasteiger partial charge in [0.25, 0.3) is 0 Å². The first-order valence-corrected chi connectivity index (χ1v) is 13.1. The maximum atomic E-state index is 6.39. The summed E-state index contributed by atoms with van der Waals surface area (Å²) in [6.07, 6.45) is 0.757. The van der Waals surface area contributed by atoms with E-state index in [-0.39, 0.29) is 6.04 Å². The summed E-state index contributed by atoms with van der Waals surface area (Å²) in [4.78, 5) is 12.2. The van der Waals surface area contributed by atoms with Gasteiger partial charge in [0.1, 0.15) is 0 Å². The molecule has 1 aromatic heterocycles. The first-order chi connectivity index (χ1) is 18.5. The number of hydrogen-bond donors (Lipinski definition) is 0. The van der Waals surface area contributed by atoms with E-state index in [4.69, 9.17) is 26.7 Å². The van der Waals surface area contributed by atoms with E-state index in [9.17, 15) is 0 Å². The Morgan fingerprint density at radius 3 is 2.26 bits per heavy atom. The molecule has 6 heteroatoms. The molecule has 6 rings (SSSR count). The number of aromatic nitrogens is 2. The van der Waals surface area contributed by atoms with Crippen molar-refractivity contribution in [1.82, 2.24) is 9.97 Å². The van der Waals surface area contributed by atoms with Gasteiger partial charge in [-0.05, 0) is 48.4 Å². The van der Waals surface area contributed by atoms with Crippen LogP contribution in [0.3, 0.4) is 0 Å². The van der Waals surface area contributed by atoms with Crippen molar-refractivity contribution in [3.63, 3.8) is 0 Å². The van der Waals surface area contributed by atoms with E-state index in [2.05, 4.69) is 86.6 Å². The second-order valence-electron chi connectivity index (χ2n) is 9.86. The Labute approximate surface area is 228 Å². The minimum Gasteiger partial charge on any atom is -0.378 e. The lowest BCUT2D eigenvalue weighted by atomic mass is 9.98. The Bertz CT molecular complexity index is 1630. The Balaban J connectivity index is 1.51. The lowest BCUT2D eigenvalue weighted by Gasteiger charge is -2.23. The molecule has 1 unspecified atom stereocenters. The molecule has 2 heterocycles. The molecule has 188 valence electrons.